The number of amidine groups is 1. The van der Waals surface area contributed by atoms with E-state index in [4.69, 9.17) is 16.3 Å². The van der Waals surface area contributed by atoms with Crippen LogP contribution in [0.3, 0.4) is 0 Å². The molecular formula is C19H16ClFN2O2S. The van der Waals surface area contributed by atoms with Crippen molar-refractivity contribution < 1.29 is 13.9 Å². The molecule has 4 nitrogen and oxygen atoms in total. The molecule has 26 heavy (non-hydrogen) atoms. The first-order valence-corrected chi connectivity index (χ1v) is 9.27. The third kappa shape index (κ3) is 3.61. The Balaban J connectivity index is 2.01. The zero-order chi connectivity index (χ0) is 18.7. The highest BCUT2D eigenvalue weighted by Gasteiger charge is 2.32. The number of amides is 1. The van der Waals surface area contributed by atoms with Crippen molar-refractivity contribution in [2.45, 2.75) is 6.92 Å². The molecule has 0 saturated heterocycles. The first-order valence-electron chi connectivity index (χ1n) is 7.91. The molecule has 0 fully saturated rings. The summed E-state index contributed by atoms with van der Waals surface area (Å²) < 4.78 is 19.1. The molecule has 2 aromatic carbocycles. The van der Waals surface area contributed by atoms with Gasteiger partial charge in [-0.3, -0.25) is 9.69 Å². The van der Waals surface area contributed by atoms with Crippen molar-refractivity contribution in [2.75, 3.05) is 17.8 Å². The summed E-state index contributed by atoms with van der Waals surface area (Å²) in [7, 11) is 1.52. The molecule has 0 bridgehead atoms. The first kappa shape index (κ1) is 18.5. The van der Waals surface area contributed by atoms with Crippen LogP contribution in [0.5, 0.6) is 5.75 Å². The van der Waals surface area contributed by atoms with Gasteiger partial charge in [0.15, 0.2) is 5.17 Å². The zero-order valence-corrected chi connectivity index (χ0v) is 15.8. The minimum atomic E-state index is -0.404. The lowest BCUT2D eigenvalue weighted by atomic mass is 10.1. The Morgan fingerprint density at radius 1 is 1.31 bits per heavy atom. The third-order valence-electron chi connectivity index (χ3n) is 3.69. The number of hydrogen-bond donors (Lipinski definition) is 0. The van der Waals surface area contributed by atoms with Crippen LogP contribution < -0.4 is 9.64 Å². The van der Waals surface area contributed by atoms with E-state index in [0.717, 1.165) is 5.75 Å². The Morgan fingerprint density at radius 3 is 2.73 bits per heavy atom. The summed E-state index contributed by atoms with van der Waals surface area (Å²) in [6.07, 6.45) is 1.46. The number of hydrogen-bond acceptors (Lipinski definition) is 4. The third-order valence-corrected chi connectivity index (χ3v) is 4.81. The molecule has 0 aliphatic carbocycles. The average Bonchev–Trinajstić information content (AvgIpc) is 2.92. The van der Waals surface area contributed by atoms with Crippen molar-refractivity contribution in [1.29, 1.82) is 0 Å². The number of thioether (sulfide) groups is 1. The summed E-state index contributed by atoms with van der Waals surface area (Å²) in [5.74, 6) is 0.523. The Bertz CT molecular complexity index is 914. The second kappa shape index (κ2) is 7.93. The summed E-state index contributed by atoms with van der Waals surface area (Å²) >= 11 is 7.62. The van der Waals surface area contributed by atoms with Gasteiger partial charge < -0.3 is 4.74 Å². The molecule has 1 amide bonds. The van der Waals surface area contributed by atoms with Gasteiger partial charge in [0, 0.05) is 5.56 Å². The number of carbonyl (C=O) groups is 1. The van der Waals surface area contributed by atoms with Crippen LogP contribution in [0.1, 0.15) is 12.5 Å². The van der Waals surface area contributed by atoms with Crippen LogP contribution in [0.4, 0.5) is 10.1 Å². The van der Waals surface area contributed by atoms with Gasteiger partial charge in [-0.05, 0) is 36.1 Å². The first-order chi connectivity index (χ1) is 12.5. The molecule has 3 rings (SSSR count). The highest BCUT2D eigenvalue weighted by atomic mass is 35.5. The maximum Gasteiger partial charge on any atom is 0.283 e. The molecular weight excluding hydrogens is 375 g/mol. The number of aliphatic imine (C=N–C) groups is 1. The number of benzene rings is 2. The molecule has 1 heterocycles. The predicted octanol–water partition coefficient (Wildman–Crippen LogP) is 4.98. The minimum Gasteiger partial charge on any atom is -0.495 e. The van der Waals surface area contributed by atoms with E-state index < -0.39 is 5.82 Å². The van der Waals surface area contributed by atoms with Gasteiger partial charge in [0.25, 0.3) is 5.91 Å². The monoisotopic (exact) mass is 390 g/mol. The van der Waals surface area contributed by atoms with Gasteiger partial charge in [0.1, 0.15) is 17.3 Å². The van der Waals surface area contributed by atoms with Crippen molar-refractivity contribution in [3.63, 3.8) is 0 Å². The zero-order valence-electron chi connectivity index (χ0n) is 14.2. The molecule has 0 saturated carbocycles. The molecule has 0 N–H and O–H groups in total. The fraction of sp³-hybridized carbons (Fsp3) is 0.158. The molecule has 7 heteroatoms. The van der Waals surface area contributed by atoms with Crippen molar-refractivity contribution in [3.8, 4) is 5.75 Å². The maximum absolute atomic E-state index is 13.9. The number of carbonyl (C=O) groups excluding carboxylic acids is 1. The molecule has 0 radical (unpaired) electrons. The van der Waals surface area contributed by atoms with Crippen LogP contribution in [-0.4, -0.2) is 23.9 Å². The Morgan fingerprint density at radius 2 is 2.08 bits per heavy atom. The second-order valence-corrected chi connectivity index (χ2v) is 6.98. The van der Waals surface area contributed by atoms with Crippen molar-refractivity contribution in [3.05, 3.63) is 64.6 Å². The van der Waals surface area contributed by atoms with Gasteiger partial charge >= 0.3 is 0 Å². The van der Waals surface area contributed by atoms with Gasteiger partial charge in [-0.2, -0.15) is 0 Å². The van der Waals surface area contributed by atoms with Crippen molar-refractivity contribution >= 4 is 46.2 Å². The summed E-state index contributed by atoms with van der Waals surface area (Å²) in [6, 6.07) is 11.3. The molecule has 0 atom stereocenters. The fourth-order valence-electron chi connectivity index (χ4n) is 2.48. The highest BCUT2D eigenvalue weighted by Crippen LogP contribution is 2.34. The summed E-state index contributed by atoms with van der Waals surface area (Å²) in [4.78, 5) is 18.8. The standard InChI is InChI=1S/C19H16ClFN2O2S/c1-3-26-19-22-16(10-12-6-4-5-7-15(12)21)18(24)23(19)13-8-9-17(25-2)14(20)11-13/h4-11H,3H2,1-2H3. The molecule has 2 aromatic rings. The van der Waals surface area contributed by atoms with E-state index in [1.165, 1.54) is 35.9 Å². The van der Waals surface area contributed by atoms with Crippen LogP contribution in [0.25, 0.3) is 6.08 Å². The van der Waals surface area contributed by atoms with E-state index in [9.17, 15) is 9.18 Å². The van der Waals surface area contributed by atoms with E-state index in [1.807, 2.05) is 6.92 Å². The fourth-order valence-corrected chi connectivity index (χ4v) is 3.47. The predicted molar refractivity (Wildman–Crippen MR) is 105 cm³/mol. The van der Waals surface area contributed by atoms with Crippen LogP contribution in [0.15, 0.2) is 53.2 Å². The Kier molecular flexibility index (Phi) is 5.64. The largest absolute Gasteiger partial charge is 0.495 e. The van der Waals surface area contributed by atoms with Crippen LogP contribution in [-0.2, 0) is 4.79 Å². The van der Waals surface area contributed by atoms with Gasteiger partial charge in [-0.1, -0.05) is 48.5 Å². The minimum absolute atomic E-state index is 0.179. The highest BCUT2D eigenvalue weighted by molar-refractivity contribution is 8.14. The summed E-state index contributed by atoms with van der Waals surface area (Å²) in [5, 5.41) is 0.923. The number of ether oxygens (including phenoxy) is 1. The normalized spacial score (nSPS) is 15.5. The number of nitrogens with zero attached hydrogens (tertiary/aromatic N) is 2. The number of halogens is 2. The van der Waals surface area contributed by atoms with E-state index in [2.05, 4.69) is 4.99 Å². The van der Waals surface area contributed by atoms with Gasteiger partial charge in [-0.15, -0.1) is 0 Å². The average molecular weight is 391 g/mol. The van der Waals surface area contributed by atoms with Gasteiger partial charge in [0.2, 0.25) is 0 Å². The van der Waals surface area contributed by atoms with E-state index in [-0.39, 0.29) is 11.6 Å². The van der Waals surface area contributed by atoms with Gasteiger partial charge in [-0.25, -0.2) is 9.38 Å². The lowest BCUT2D eigenvalue weighted by molar-refractivity contribution is -0.113. The van der Waals surface area contributed by atoms with Crippen LogP contribution in [0.2, 0.25) is 5.02 Å². The maximum atomic E-state index is 13.9. The number of rotatable bonds is 4. The Labute approximate surface area is 160 Å². The van der Waals surface area contributed by atoms with E-state index in [1.54, 1.807) is 36.4 Å². The number of methoxy groups -OCH3 is 1. The lowest BCUT2D eigenvalue weighted by Crippen LogP contribution is -2.30. The van der Waals surface area contributed by atoms with Crippen LogP contribution >= 0.6 is 23.4 Å². The van der Waals surface area contributed by atoms with Crippen molar-refractivity contribution in [1.82, 2.24) is 0 Å². The van der Waals surface area contributed by atoms with Crippen LogP contribution in [0, 0.1) is 5.82 Å². The second-order valence-electron chi connectivity index (χ2n) is 5.34. The van der Waals surface area contributed by atoms with Gasteiger partial charge in [0.05, 0.1) is 17.8 Å². The Hall–Kier alpha value is -2.31. The smallest absolute Gasteiger partial charge is 0.283 e. The summed E-state index contributed by atoms with van der Waals surface area (Å²) in [5.41, 5.74) is 1.07. The SMILES string of the molecule is CCSC1=NC(=Cc2ccccc2F)C(=O)N1c1ccc(OC)c(Cl)c1. The molecule has 0 aromatic heterocycles. The van der Waals surface area contributed by atoms with E-state index in [0.29, 0.717) is 27.2 Å². The quantitative estimate of drug-likeness (QED) is 0.691. The number of anilines is 1. The molecule has 1 aliphatic rings. The molecule has 0 unspecified atom stereocenters. The molecule has 134 valence electrons. The molecule has 1 aliphatic heterocycles. The topological polar surface area (TPSA) is 41.9 Å². The lowest BCUT2D eigenvalue weighted by Gasteiger charge is -2.18. The van der Waals surface area contributed by atoms with E-state index >= 15 is 0 Å². The molecule has 0 spiro atoms. The summed E-state index contributed by atoms with van der Waals surface area (Å²) in [6.45, 7) is 1.97. The van der Waals surface area contributed by atoms with Crippen molar-refractivity contribution in [2.24, 2.45) is 4.99 Å².